The minimum absolute atomic E-state index is 0.225. The van der Waals surface area contributed by atoms with Gasteiger partial charge in [0.05, 0.1) is 19.0 Å². The second-order valence-corrected chi connectivity index (χ2v) is 6.04. The molecule has 0 aromatic carbocycles. The van der Waals surface area contributed by atoms with Gasteiger partial charge in [-0.15, -0.1) is 11.3 Å². The summed E-state index contributed by atoms with van der Waals surface area (Å²) in [4.78, 5) is 36.6. The van der Waals surface area contributed by atoms with Gasteiger partial charge in [-0.2, -0.15) is 0 Å². The highest BCUT2D eigenvalue weighted by atomic mass is 32.1. The zero-order valence-electron chi connectivity index (χ0n) is 13.1. The fourth-order valence-electron chi connectivity index (χ4n) is 2.45. The van der Waals surface area contributed by atoms with Crippen LogP contribution in [0.3, 0.4) is 0 Å². The molecule has 2 aromatic rings. The molecule has 126 valence electrons. The molecule has 0 saturated carbocycles. The number of methoxy groups -OCH3 is 1. The monoisotopic (exact) mass is 347 g/mol. The number of thiophene rings is 1. The predicted molar refractivity (Wildman–Crippen MR) is 90.5 cm³/mol. The van der Waals surface area contributed by atoms with Crippen LogP contribution in [0.4, 0.5) is 16.3 Å². The molecule has 1 aliphatic heterocycles. The number of piperazine rings is 1. The number of nitrogens with zero attached hydrogens (tertiary/aromatic N) is 4. The Labute approximate surface area is 143 Å². The van der Waals surface area contributed by atoms with Gasteiger partial charge in [0.25, 0.3) is 0 Å². The van der Waals surface area contributed by atoms with Gasteiger partial charge in [0, 0.05) is 38.6 Å². The highest BCUT2D eigenvalue weighted by Crippen LogP contribution is 2.23. The molecule has 0 unspecified atom stereocenters. The quantitative estimate of drug-likeness (QED) is 0.850. The van der Waals surface area contributed by atoms with E-state index >= 15 is 0 Å². The topological polar surface area (TPSA) is 87.7 Å². The van der Waals surface area contributed by atoms with Crippen LogP contribution in [0.1, 0.15) is 9.67 Å². The van der Waals surface area contributed by atoms with Crippen LogP contribution in [-0.4, -0.2) is 60.2 Å². The van der Waals surface area contributed by atoms with Crippen LogP contribution < -0.4 is 10.2 Å². The van der Waals surface area contributed by atoms with E-state index in [1.807, 2.05) is 0 Å². The number of amides is 2. The van der Waals surface area contributed by atoms with Crippen molar-refractivity contribution in [2.24, 2.45) is 0 Å². The van der Waals surface area contributed by atoms with Gasteiger partial charge < -0.3 is 19.9 Å². The van der Waals surface area contributed by atoms with Gasteiger partial charge in [-0.05, 0) is 11.4 Å². The first-order valence-electron chi connectivity index (χ1n) is 7.41. The Balaban J connectivity index is 1.58. The smallest absolute Gasteiger partial charge is 0.350 e. The number of aromatic nitrogens is 2. The summed E-state index contributed by atoms with van der Waals surface area (Å²) >= 11 is 1.24. The van der Waals surface area contributed by atoms with E-state index in [-0.39, 0.29) is 6.03 Å². The van der Waals surface area contributed by atoms with E-state index in [4.69, 9.17) is 4.74 Å². The number of hydrogen-bond donors (Lipinski definition) is 1. The molecule has 1 N–H and O–H groups in total. The van der Waals surface area contributed by atoms with Crippen LogP contribution in [0.25, 0.3) is 0 Å². The number of rotatable bonds is 3. The Morgan fingerprint density at radius 3 is 2.71 bits per heavy atom. The molecule has 1 fully saturated rings. The Hall–Kier alpha value is -2.68. The van der Waals surface area contributed by atoms with Crippen molar-refractivity contribution in [3.63, 3.8) is 0 Å². The Kier molecular flexibility index (Phi) is 4.90. The summed E-state index contributed by atoms with van der Waals surface area (Å²) in [5.41, 5.74) is 0.480. The lowest BCUT2D eigenvalue weighted by atomic mass is 10.3. The van der Waals surface area contributed by atoms with E-state index < -0.39 is 5.97 Å². The third kappa shape index (κ3) is 3.46. The van der Waals surface area contributed by atoms with Gasteiger partial charge in [0.15, 0.2) is 0 Å². The number of anilines is 2. The summed E-state index contributed by atoms with van der Waals surface area (Å²) in [5, 5.41) is 4.52. The molecular formula is C15H17N5O3S. The number of nitrogens with one attached hydrogen (secondary N) is 1. The molecule has 24 heavy (non-hydrogen) atoms. The lowest BCUT2D eigenvalue weighted by Gasteiger charge is -2.35. The van der Waals surface area contributed by atoms with Gasteiger partial charge in [-0.25, -0.2) is 14.6 Å². The van der Waals surface area contributed by atoms with Crippen molar-refractivity contribution >= 4 is 34.8 Å². The normalized spacial score (nSPS) is 14.4. The fraction of sp³-hybridized carbons (Fsp3) is 0.333. The summed E-state index contributed by atoms with van der Waals surface area (Å²) in [6.07, 6.45) is 5.00. The maximum Gasteiger partial charge on any atom is 0.350 e. The molecule has 0 radical (unpaired) electrons. The zero-order valence-corrected chi connectivity index (χ0v) is 14.0. The van der Waals surface area contributed by atoms with Crippen LogP contribution in [0.2, 0.25) is 0 Å². The number of carbonyl (C=O) groups excluding carboxylic acids is 2. The molecule has 0 bridgehead atoms. The van der Waals surface area contributed by atoms with E-state index in [1.54, 1.807) is 34.9 Å². The van der Waals surface area contributed by atoms with E-state index in [0.717, 1.165) is 5.82 Å². The second-order valence-electron chi connectivity index (χ2n) is 5.12. The van der Waals surface area contributed by atoms with Crippen molar-refractivity contribution in [2.45, 2.75) is 0 Å². The third-order valence-electron chi connectivity index (χ3n) is 3.72. The van der Waals surface area contributed by atoms with Crippen molar-refractivity contribution in [3.8, 4) is 0 Å². The molecule has 0 aliphatic carbocycles. The standard InChI is InChI=1S/C15H17N5O3S/c1-23-14(21)13-11(2-9-24-13)18-15(22)20-7-5-19(6-8-20)12-10-16-3-4-17-12/h2-4,9-10H,5-8H2,1H3,(H,18,22). The summed E-state index contributed by atoms with van der Waals surface area (Å²) in [7, 11) is 1.32. The van der Waals surface area contributed by atoms with Crippen LogP contribution >= 0.6 is 11.3 Å². The molecule has 9 heteroatoms. The van der Waals surface area contributed by atoms with Crippen molar-refractivity contribution in [1.82, 2.24) is 14.9 Å². The van der Waals surface area contributed by atoms with Gasteiger partial charge in [0.2, 0.25) is 0 Å². The minimum atomic E-state index is -0.451. The van der Waals surface area contributed by atoms with Gasteiger partial charge in [-0.1, -0.05) is 0 Å². The maximum absolute atomic E-state index is 12.4. The summed E-state index contributed by atoms with van der Waals surface area (Å²) in [6, 6.07) is 1.47. The summed E-state index contributed by atoms with van der Waals surface area (Å²) in [6.45, 7) is 2.50. The highest BCUT2D eigenvalue weighted by molar-refractivity contribution is 7.12. The van der Waals surface area contributed by atoms with Gasteiger partial charge in [-0.3, -0.25) is 4.98 Å². The van der Waals surface area contributed by atoms with Crippen LogP contribution in [-0.2, 0) is 4.74 Å². The first kappa shape index (κ1) is 16.2. The third-order valence-corrected chi connectivity index (χ3v) is 4.61. The van der Waals surface area contributed by atoms with Crippen molar-refractivity contribution in [2.75, 3.05) is 43.5 Å². The number of hydrogen-bond acceptors (Lipinski definition) is 7. The van der Waals surface area contributed by atoms with E-state index in [9.17, 15) is 9.59 Å². The van der Waals surface area contributed by atoms with E-state index in [0.29, 0.717) is 36.7 Å². The second kappa shape index (κ2) is 7.26. The number of urea groups is 1. The number of carbonyl (C=O) groups is 2. The molecule has 1 saturated heterocycles. The zero-order chi connectivity index (χ0) is 16.9. The van der Waals surface area contributed by atoms with Crippen LogP contribution in [0.15, 0.2) is 30.0 Å². The fourth-order valence-corrected chi connectivity index (χ4v) is 3.21. The molecule has 3 rings (SSSR count). The largest absolute Gasteiger partial charge is 0.465 e. The summed E-state index contributed by atoms with van der Waals surface area (Å²) < 4.78 is 4.71. The molecule has 8 nitrogen and oxygen atoms in total. The first-order chi connectivity index (χ1) is 11.7. The van der Waals surface area contributed by atoms with E-state index in [2.05, 4.69) is 20.2 Å². The Morgan fingerprint density at radius 2 is 2.04 bits per heavy atom. The lowest BCUT2D eigenvalue weighted by molar-refractivity contribution is 0.0607. The minimum Gasteiger partial charge on any atom is -0.465 e. The molecule has 0 spiro atoms. The predicted octanol–water partition coefficient (Wildman–Crippen LogP) is 1.68. The number of esters is 1. The maximum atomic E-state index is 12.4. The average molecular weight is 347 g/mol. The molecule has 3 heterocycles. The molecule has 2 amide bonds. The molecule has 2 aromatic heterocycles. The molecule has 1 aliphatic rings. The van der Waals surface area contributed by atoms with Crippen molar-refractivity contribution in [3.05, 3.63) is 34.9 Å². The summed E-state index contributed by atoms with van der Waals surface area (Å²) in [5.74, 6) is 0.358. The first-order valence-corrected chi connectivity index (χ1v) is 8.29. The SMILES string of the molecule is COC(=O)c1sccc1NC(=O)N1CCN(c2cnccn2)CC1. The van der Waals surface area contributed by atoms with Gasteiger partial charge >= 0.3 is 12.0 Å². The average Bonchev–Trinajstić information content (AvgIpc) is 3.10. The van der Waals surface area contributed by atoms with Gasteiger partial charge in [0.1, 0.15) is 10.7 Å². The molecular weight excluding hydrogens is 330 g/mol. The Bertz CT molecular complexity index is 713. The highest BCUT2D eigenvalue weighted by Gasteiger charge is 2.23. The lowest BCUT2D eigenvalue weighted by Crippen LogP contribution is -2.50. The van der Waals surface area contributed by atoms with Crippen LogP contribution in [0.5, 0.6) is 0 Å². The molecule has 0 atom stereocenters. The van der Waals surface area contributed by atoms with Crippen molar-refractivity contribution < 1.29 is 14.3 Å². The Morgan fingerprint density at radius 1 is 1.25 bits per heavy atom. The van der Waals surface area contributed by atoms with Crippen LogP contribution in [0, 0.1) is 0 Å². The number of ether oxygens (including phenoxy) is 1. The van der Waals surface area contributed by atoms with Crippen molar-refractivity contribution in [1.29, 1.82) is 0 Å². The van der Waals surface area contributed by atoms with E-state index in [1.165, 1.54) is 18.4 Å².